The predicted molar refractivity (Wildman–Crippen MR) is 221 cm³/mol. The van der Waals surface area contributed by atoms with Crippen molar-refractivity contribution in [2.45, 2.75) is 71.2 Å². The van der Waals surface area contributed by atoms with Crippen LogP contribution < -0.4 is 20.1 Å². The fourth-order valence-electron chi connectivity index (χ4n) is 6.66. The van der Waals surface area contributed by atoms with Gasteiger partial charge in [0.25, 0.3) is 0 Å². The summed E-state index contributed by atoms with van der Waals surface area (Å²) in [5.41, 5.74) is 2.09. The standard InChI is InChI=1S/C46H52FN3O10/c1-29-23-38(51)40(50(5)45(55)59-28-31-15-11-8-12-16-31)33-17-18-39(57-22-20-48-44(54)60-46(2,3)4)34(27-33)35-24-32(26-37(43(53)56-6)49-42(29)52)25-36(47)41(35)58-21-19-30-13-9-7-10-14-30/h7-18,24-25,27,29,37,40H,19-23,26,28H2,1-6H3,(H,48,54)(H,49,52)/t29-,37+,40+/m1/s1. The van der Waals surface area contributed by atoms with Crippen LogP contribution >= 0.6 is 0 Å². The van der Waals surface area contributed by atoms with Gasteiger partial charge in [0.1, 0.15) is 36.6 Å². The number of carbonyl (C=O) groups is 5. The molecule has 0 fully saturated rings. The van der Waals surface area contributed by atoms with Crippen LogP contribution in [0.2, 0.25) is 0 Å². The molecule has 0 aromatic heterocycles. The molecule has 1 aliphatic rings. The lowest BCUT2D eigenvalue weighted by Gasteiger charge is -2.29. The molecule has 0 saturated heterocycles. The van der Waals surface area contributed by atoms with Gasteiger partial charge in [0, 0.05) is 43.4 Å². The Labute approximate surface area is 349 Å². The number of nitrogens with zero attached hydrogens (tertiary/aromatic N) is 1. The third kappa shape index (κ3) is 12.3. The fourth-order valence-corrected chi connectivity index (χ4v) is 6.66. The molecule has 60 heavy (non-hydrogen) atoms. The second kappa shape index (κ2) is 20.5. The number of rotatable bonds is 12. The largest absolute Gasteiger partial charge is 0.491 e. The Morgan fingerprint density at radius 2 is 1.55 bits per heavy atom. The number of alkyl carbamates (subject to hydrolysis) is 1. The highest BCUT2D eigenvalue weighted by molar-refractivity contribution is 5.94. The SMILES string of the molecule is COC(=O)[C@@H]1Cc2cc(F)c(OCCc3ccccc3)c(c2)-c2cc(ccc2OCCNC(=O)OC(C)(C)C)[C@H](N(C)C(=O)OCc2ccccc2)C(=O)C[C@@H](C)C(=O)N1. The maximum absolute atomic E-state index is 16.5. The minimum Gasteiger partial charge on any atom is -0.491 e. The van der Waals surface area contributed by atoms with E-state index < -0.39 is 59.3 Å². The van der Waals surface area contributed by atoms with Crippen molar-refractivity contribution in [3.05, 3.63) is 119 Å². The van der Waals surface area contributed by atoms with Crippen molar-refractivity contribution in [1.29, 1.82) is 0 Å². The minimum atomic E-state index is -1.29. The number of amides is 3. The van der Waals surface area contributed by atoms with E-state index in [9.17, 15) is 24.0 Å². The van der Waals surface area contributed by atoms with Gasteiger partial charge in [-0.05, 0) is 67.3 Å². The van der Waals surface area contributed by atoms with E-state index >= 15 is 4.39 Å². The Morgan fingerprint density at radius 3 is 2.22 bits per heavy atom. The Balaban J connectivity index is 1.63. The van der Waals surface area contributed by atoms with Crippen molar-refractivity contribution in [2.24, 2.45) is 5.92 Å². The number of nitrogens with one attached hydrogen (secondary N) is 2. The van der Waals surface area contributed by atoms with Crippen LogP contribution in [0.15, 0.2) is 91.0 Å². The van der Waals surface area contributed by atoms with E-state index in [1.54, 1.807) is 57.2 Å². The summed E-state index contributed by atoms with van der Waals surface area (Å²) < 4.78 is 44.9. The molecule has 0 spiro atoms. The number of halogens is 1. The molecule has 14 heteroatoms. The quantitative estimate of drug-likeness (QED) is 0.0855. The highest BCUT2D eigenvalue weighted by Gasteiger charge is 2.35. The van der Waals surface area contributed by atoms with E-state index in [0.29, 0.717) is 17.5 Å². The Kier molecular flexibility index (Phi) is 15.3. The van der Waals surface area contributed by atoms with Crippen LogP contribution in [0, 0.1) is 11.7 Å². The lowest BCUT2D eigenvalue weighted by atomic mass is 9.90. The van der Waals surface area contributed by atoms with Crippen molar-refractivity contribution >= 4 is 29.8 Å². The number of benzene rings is 4. The van der Waals surface area contributed by atoms with Gasteiger partial charge < -0.3 is 34.3 Å². The Morgan fingerprint density at radius 1 is 0.867 bits per heavy atom. The smallest absolute Gasteiger partial charge is 0.410 e. The highest BCUT2D eigenvalue weighted by Crippen LogP contribution is 2.42. The summed E-state index contributed by atoms with van der Waals surface area (Å²) in [6, 6.07) is 23.7. The average Bonchev–Trinajstić information content (AvgIpc) is 3.21. The van der Waals surface area contributed by atoms with E-state index in [1.165, 1.54) is 27.1 Å². The van der Waals surface area contributed by atoms with Crippen molar-refractivity contribution in [2.75, 3.05) is 33.9 Å². The van der Waals surface area contributed by atoms with Crippen LogP contribution in [0.25, 0.3) is 11.1 Å². The number of likely N-dealkylation sites (N-methyl/N-ethyl adjacent to an activating group) is 1. The number of fused-ring (bicyclic) bond motifs is 5. The Bertz CT molecular complexity index is 2140. The summed E-state index contributed by atoms with van der Waals surface area (Å²) in [4.78, 5) is 68.2. The molecule has 2 N–H and O–H groups in total. The van der Waals surface area contributed by atoms with Gasteiger partial charge in [0.2, 0.25) is 5.91 Å². The zero-order valence-electron chi connectivity index (χ0n) is 34.7. The molecule has 0 saturated carbocycles. The van der Waals surface area contributed by atoms with E-state index in [2.05, 4.69) is 10.6 Å². The Hall–Kier alpha value is -6.44. The zero-order valence-corrected chi connectivity index (χ0v) is 34.7. The van der Waals surface area contributed by atoms with Gasteiger partial charge in [-0.1, -0.05) is 73.7 Å². The van der Waals surface area contributed by atoms with Crippen molar-refractivity contribution < 1.29 is 52.0 Å². The fraction of sp³-hybridized carbons (Fsp3) is 0.370. The number of methoxy groups -OCH3 is 1. The highest BCUT2D eigenvalue weighted by atomic mass is 19.1. The summed E-state index contributed by atoms with van der Waals surface area (Å²) >= 11 is 0. The summed E-state index contributed by atoms with van der Waals surface area (Å²) in [5.74, 6) is -3.52. The predicted octanol–water partition coefficient (Wildman–Crippen LogP) is 7.14. The molecule has 5 rings (SSSR count). The van der Waals surface area contributed by atoms with Gasteiger partial charge in [-0.2, -0.15) is 0 Å². The monoisotopic (exact) mass is 825 g/mol. The van der Waals surface area contributed by atoms with Crippen molar-refractivity contribution in [3.8, 4) is 22.6 Å². The number of Topliss-reactive ketones (excluding diaryl/α,β-unsaturated/α-hetero) is 1. The maximum Gasteiger partial charge on any atom is 0.410 e. The van der Waals surface area contributed by atoms with Gasteiger partial charge >= 0.3 is 18.2 Å². The van der Waals surface area contributed by atoms with Crippen LogP contribution in [0.4, 0.5) is 14.0 Å². The molecule has 1 aliphatic heterocycles. The number of carbonyl (C=O) groups excluding carboxylic acids is 5. The summed E-state index contributed by atoms with van der Waals surface area (Å²) in [7, 11) is 2.59. The van der Waals surface area contributed by atoms with Gasteiger partial charge in [-0.15, -0.1) is 0 Å². The molecular formula is C46H52FN3O10. The summed E-state index contributed by atoms with van der Waals surface area (Å²) in [6.45, 7) is 6.78. The molecule has 4 bridgehead atoms. The maximum atomic E-state index is 16.5. The third-order valence-corrected chi connectivity index (χ3v) is 9.60. The molecule has 3 atom stereocenters. The van der Waals surface area contributed by atoms with E-state index in [-0.39, 0.29) is 61.8 Å². The molecule has 0 aliphatic carbocycles. The van der Waals surface area contributed by atoms with Crippen molar-refractivity contribution in [3.63, 3.8) is 0 Å². The number of ether oxygens (including phenoxy) is 5. The minimum absolute atomic E-state index is 0.0417. The molecule has 1 heterocycles. The molecular weight excluding hydrogens is 774 g/mol. The molecule has 0 unspecified atom stereocenters. The molecule has 13 nitrogen and oxygen atoms in total. The first-order valence-electron chi connectivity index (χ1n) is 19.7. The van der Waals surface area contributed by atoms with Crippen LogP contribution in [0.1, 0.15) is 62.4 Å². The molecule has 3 amide bonds. The zero-order chi connectivity index (χ0) is 43.4. The first kappa shape index (κ1) is 44.7. The average molecular weight is 826 g/mol. The van der Waals surface area contributed by atoms with E-state index in [4.69, 9.17) is 23.7 Å². The third-order valence-electron chi connectivity index (χ3n) is 9.60. The normalized spacial score (nSPS) is 16.7. The van der Waals surface area contributed by atoms with Crippen LogP contribution in [0.5, 0.6) is 11.5 Å². The molecule has 318 valence electrons. The molecule has 4 aromatic rings. The van der Waals surface area contributed by atoms with Crippen LogP contribution in [-0.2, 0) is 48.0 Å². The van der Waals surface area contributed by atoms with Crippen LogP contribution in [-0.4, -0.2) is 80.3 Å². The van der Waals surface area contributed by atoms with Gasteiger partial charge in [-0.3, -0.25) is 14.5 Å². The molecule has 0 radical (unpaired) electrons. The second-order valence-corrected chi connectivity index (χ2v) is 15.5. The first-order valence-corrected chi connectivity index (χ1v) is 19.7. The van der Waals surface area contributed by atoms with Gasteiger partial charge in [-0.25, -0.2) is 18.8 Å². The number of ketones is 1. The topological polar surface area (TPSA) is 159 Å². The summed E-state index contributed by atoms with van der Waals surface area (Å²) in [6.07, 6.45) is -1.49. The number of esters is 1. The summed E-state index contributed by atoms with van der Waals surface area (Å²) in [5, 5.41) is 5.33. The van der Waals surface area contributed by atoms with Crippen LogP contribution in [0.3, 0.4) is 0 Å². The van der Waals surface area contributed by atoms with E-state index in [0.717, 1.165) is 16.0 Å². The first-order chi connectivity index (χ1) is 28.6. The van der Waals surface area contributed by atoms with E-state index in [1.807, 2.05) is 48.5 Å². The lowest BCUT2D eigenvalue weighted by Crippen LogP contribution is -2.46. The van der Waals surface area contributed by atoms with Crippen molar-refractivity contribution in [1.82, 2.24) is 15.5 Å². The molecule has 4 aromatic carbocycles. The lowest BCUT2D eigenvalue weighted by molar-refractivity contribution is -0.145. The van der Waals surface area contributed by atoms with Gasteiger partial charge in [0.15, 0.2) is 17.3 Å². The van der Waals surface area contributed by atoms with Gasteiger partial charge in [0.05, 0.1) is 20.3 Å². The number of hydrogen-bond acceptors (Lipinski definition) is 10. The second-order valence-electron chi connectivity index (χ2n) is 15.5. The number of hydrogen-bond donors (Lipinski definition) is 2.